The number of nitro benzene ring substituents is 1. The van der Waals surface area contributed by atoms with Crippen LogP contribution < -0.4 is 25.4 Å². The summed E-state index contributed by atoms with van der Waals surface area (Å²) in [7, 11) is 1.39. The van der Waals surface area contributed by atoms with Gasteiger partial charge < -0.3 is 25.4 Å². The summed E-state index contributed by atoms with van der Waals surface area (Å²) < 4.78 is 34.3. The smallest absolute Gasteiger partial charge is 0.387 e. The molecule has 150 valence electrons. The van der Waals surface area contributed by atoms with Gasteiger partial charge in [-0.2, -0.15) is 8.78 Å². The third kappa shape index (κ3) is 5.97. The van der Waals surface area contributed by atoms with E-state index in [1.165, 1.54) is 31.4 Å². The van der Waals surface area contributed by atoms with Crippen LogP contribution in [0.15, 0.2) is 42.5 Å². The predicted octanol–water partition coefficient (Wildman–Crippen LogP) is 3.44. The second-order valence-electron chi connectivity index (χ2n) is 5.32. The summed E-state index contributed by atoms with van der Waals surface area (Å²) >= 11 is 0. The highest BCUT2D eigenvalue weighted by atomic mass is 19.3. The van der Waals surface area contributed by atoms with Crippen LogP contribution in [-0.2, 0) is 0 Å². The molecule has 2 aromatic rings. The van der Waals surface area contributed by atoms with Gasteiger partial charge in [-0.15, -0.1) is 0 Å². The maximum Gasteiger partial charge on any atom is 0.387 e. The van der Waals surface area contributed by atoms with Crippen molar-refractivity contribution >= 4 is 23.1 Å². The maximum atomic E-state index is 12.5. The van der Waals surface area contributed by atoms with Gasteiger partial charge in [0, 0.05) is 25.2 Å². The monoisotopic (exact) mass is 396 g/mol. The van der Waals surface area contributed by atoms with E-state index < -0.39 is 17.6 Å². The molecule has 28 heavy (non-hydrogen) atoms. The average Bonchev–Trinajstić information content (AvgIpc) is 2.66. The molecule has 0 spiro atoms. The Kier molecular flexibility index (Phi) is 7.31. The van der Waals surface area contributed by atoms with Gasteiger partial charge >= 0.3 is 12.6 Å². The van der Waals surface area contributed by atoms with Crippen LogP contribution in [0.5, 0.6) is 11.5 Å². The lowest BCUT2D eigenvalue weighted by Crippen LogP contribution is -2.32. The van der Waals surface area contributed by atoms with Gasteiger partial charge in [-0.3, -0.25) is 10.1 Å². The van der Waals surface area contributed by atoms with Crippen molar-refractivity contribution in [1.29, 1.82) is 0 Å². The number of anilines is 2. The lowest BCUT2D eigenvalue weighted by molar-refractivity contribution is -0.384. The second kappa shape index (κ2) is 9.90. The fraction of sp³-hybridized carbons (Fsp3) is 0.235. The fourth-order valence-electron chi connectivity index (χ4n) is 2.25. The number of nitrogens with one attached hydrogen (secondary N) is 3. The van der Waals surface area contributed by atoms with Crippen molar-refractivity contribution in [3.8, 4) is 11.5 Å². The standard InChI is InChI=1S/C17H18F2N4O5/c1-27-11-6-7-15(28-16(18)19)13(10-11)22-17(24)21-9-8-20-12-4-2-3-5-14(12)23(25)26/h2-7,10,16,20H,8-9H2,1H3,(H2,21,22,24). The Bertz CT molecular complexity index is 835. The minimum Gasteiger partial charge on any atom is -0.497 e. The molecular weight excluding hydrogens is 378 g/mol. The topological polar surface area (TPSA) is 115 Å². The zero-order chi connectivity index (χ0) is 20.5. The average molecular weight is 396 g/mol. The number of alkyl halides is 2. The van der Waals surface area contributed by atoms with Gasteiger partial charge in [0.05, 0.1) is 17.7 Å². The highest BCUT2D eigenvalue weighted by molar-refractivity contribution is 5.91. The zero-order valence-corrected chi connectivity index (χ0v) is 14.8. The van der Waals surface area contributed by atoms with Gasteiger partial charge in [0.25, 0.3) is 5.69 Å². The number of nitro groups is 1. The van der Waals surface area contributed by atoms with E-state index in [9.17, 15) is 23.7 Å². The first-order chi connectivity index (χ1) is 13.4. The minimum absolute atomic E-state index is 0.00352. The molecule has 0 radical (unpaired) electrons. The quantitative estimate of drug-likeness (QED) is 0.340. The molecule has 2 amide bonds. The van der Waals surface area contributed by atoms with Crippen LogP contribution in [-0.4, -0.2) is 37.8 Å². The Hall–Kier alpha value is -3.63. The molecule has 0 aliphatic rings. The molecule has 0 fully saturated rings. The highest BCUT2D eigenvalue weighted by Gasteiger charge is 2.14. The number of ether oxygens (including phenoxy) is 2. The zero-order valence-electron chi connectivity index (χ0n) is 14.8. The normalized spacial score (nSPS) is 10.3. The van der Waals surface area contributed by atoms with Crippen LogP contribution in [0, 0.1) is 10.1 Å². The summed E-state index contributed by atoms with van der Waals surface area (Å²) in [5.74, 6) is 0.124. The number of rotatable bonds is 9. The Morgan fingerprint density at radius 1 is 1.18 bits per heavy atom. The molecule has 0 unspecified atom stereocenters. The van der Waals surface area contributed by atoms with Gasteiger partial charge in [-0.25, -0.2) is 4.79 Å². The van der Waals surface area contributed by atoms with E-state index in [1.54, 1.807) is 18.2 Å². The summed E-state index contributed by atoms with van der Waals surface area (Å²) in [6.07, 6.45) is 0. The molecule has 0 saturated heterocycles. The van der Waals surface area contributed by atoms with E-state index >= 15 is 0 Å². The van der Waals surface area contributed by atoms with Gasteiger partial charge in [0.2, 0.25) is 0 Å². The Morgan fingerprint density at radius 2 is 1.93 bits per heavy atom. The molecule has 0 heterocycles. The Morgan fingerprint density at radius 3 is 2.61 bits per heavy atom. The van der Waals surface area contributed by atoms with E-state index in [2.05, 4.69) is 20.7 Å². The SMILES string of the molecule is COc1ccc(OC(F)F)c(NC(=O)NCCNc2ccccc2[N+](=O)[O-])c1. The molecule has 0 saturated carbocycles. The molecule has 0 aliphatic heterocycles. The minimum atomic E-state index is -3.05. The summed E-state index contributed by atoms with van der Waals surface area (Å²) in [6, 6.07) is 9.41. The molecule has 0 aliphatic carbocycles. The molecule has 0 bridgehead atoms. The number of amides is 2. The van der Waals surface area contributed by atoms with E-state index in [-0.39, 0.29) is 30.2 Å². The molecule has 3 N–H and O–H groups in total. The van der Waals surface area contributed by atoms with Gasteiger partial charge in [-0.05, 0) is 18.2 Å². The summed E-state index contributed by atoms with van der Waals surface area (Å²) in [5.41, 5.74) is 0.232. The molecule has 9 nitrogen and oxygen atoms in total. The summed E-state index contributed by atoms with van der Waals surface area (Å²) in [5, 5.41) is 18.7. The van der Waals surface area contributed by atoms with Crippen molar-refractivity contribution in [2.45, 2.75) is 6.61 Å². The molecule has 2 aromatic carbocycles. The number of carbonyl (C=O) groups excluding carboxylic acids is 1. The van der Waals surface area contributed by atoms with Crippen molar-refractivity contribution in [2.24, 2.45) is 0 Å². The number of urea groups is 1. The molecule has 0 atom stereocenters. The van der Waals surface area contributed by atoms with Crippen LogP contribution in [0.1, 0.15) is 0 Å². The van der Waals surface area contributed by atoms with Crippen LogP contribution in [0.25, 0.3) is 0 Å². The van der Waals surface area contributed by atoms with Crippen molar-refractivity contribution in [1.82, 2.24) is 5.32 Å². The van der Waals surface area contributed by atoms with E-state index in [1.807, 2.05) is 0 Å². The lowest BCUT2D eigenvalue weighted by atomic mass is 10.2. The van der Waals surface area contributed by atoms with E-state index in [4.69, 9.17) is 4.74 Å². The lowest BCUT2D eigenvalue weighted by Gasteiger charge is -2.14. The molecular formula is C17H18F2N4O5. The third-order valence-electron chi connectivity index (χ3n) is 3.48. The van der Waals surface area contributed by atoms with Crippen LogP contribution in [0.3, 0.4) is 0 Å². The van der Waals surface area contributed by atoms with Crippen LogP contribution in [0.4, 0.5) is 30.6 Å². The fourth-order valence-corrected chi connectivity index (χ4v) is 2.25. The Labute approximate surface area is 158 Å². The summed E-state index contributed by atoms with van der Waals surface area (Å²) in [4.78, 5) is 22.4. The number of nitrogens with zero attached hydrogens (tertiary/aromatic N) is 1. The van der Waals surface area contributed by atoms with Gasteiger partial charge in [-0.1, -0.05) is 12.1 Å². The number of para-hydroxylation sites is 2. The number of methoxy groups -OCH3 is 1. The number of hydrogen-bond donors (Lipinski definition) is 3. The predicted molar refractivity (Wildman–Crippen MR) is 98.2 cm³/mol. The number of hydrogen-bond acceptors (Lipinski definition) is 6. The first-order valence-electron chi connectivity index (χ1n) is 8.05. The Balaban J connectivity index is 1.90. The summed E-state index contributed by atoms with van der Waals surface area (Å²) in [6.45, 7) is -2.73. The van der Waals surface area contributed by atoms with Gasteiger partial charge in [0.1, 0.15) is 17.2 Å². The van der Waals surface area contributed by atoms with Crippen molar-refractivity contribution in [3.63, 3.8) is 0 Å². The number of carbonyl (C=O) groups is 1. The highest BCUT2D eigenvalue weighted by Crippen LogP contribution is 2.30. The first kappa shape index (κ1) is 20.7. The number of halogens is 2. The molecule has 11 heteroatoms. The van der Waals surface area contributed by atoms with E-state index in [0.29, 0.717) is 11.4 Å². The van der Waals surface area contributed by atoms with E-state index in [0.717, 1.165) is 0 Å². The van der Waals surface area contributed by atoms with Crippen molar-refractivity contribution in [3.05, 3.63) is 52.6 Å². The number of benzene rings is 2. The maximum absolute atomic E-state index is 12.5. The second-order valence-corrected chi connectivity index (χ2v) is 5.32. The third-order valence-corrected chi connectivity index (χ3v) is 3.48. The molecule has 2 rings (SSSR count). The van der Waals surface area contributed by atoms with Crippen LogP contribution in [0.2, 0.25) is 0 Å². The van der Waals surface area contributed by atoms with Gasteiger partial charge in [0.15, 0.2) is 0 Å². The first-order valence-corrected chi connectivity index (χ1v) is 8.05. The van der Waals surface area contributed by atoms with Crippen molar-refractivity contribution < 1.29 is 28.0 Å². The van der Waals surface area contributed by atoms with Crippen molar-refractivity contribution in [2.75, 3.05) is 30.8 Å². The largest absolute Gasteiger partial charge is 0.497 e. The molecule has 0 aromatic heterocycles. The van der Waals surface area contributed by atoms with Crippen LogP contribution >= 0.6 is 0 Å².